The van der Waals surface area contributed by atoms with Crippen LogP contribution in [0.15, 0.2) is 0 Å². The summed E-state index contributed by atoms with van der Waals surface area (Å²) in [4.78, 5) is 2.45. The van der Waals surface area contributed by atoms with Crippen molar-refractivity contribution in [3.05, 3.63) is 0 Å². The second kappa shape index (κ2) is 3.45. The first-order valence-corrected chi connectivity index (χ1v) is 5.57. The Hall–Kier alpha value is -0.160. The molecule has 0 bridgehead atoms. The molecule has 3 aliphatic rings. The molecule has 14 heavy (non-hydrogen) atoms. The van der Waals surface area contributed by atoms with Gasteiger partial charge >= 0.3 is 0 Å². The highest BCUT2D eigenvalue weighted by atomic mass is 16.5. The van der Waals surface area contributed by atoms with Crippen LogP contribution >= 0.6 is 0 Å². The van der Waals surface area contributed by atoms with Crippen LogP contribution in [0.4, 0.5) is 0 Å². The quantitative estimate of drug-likeness (QED) is 0.613. The Labute approximate surface area is 84.3 Å². The maximum atomic E-state index is 6.18. The Morgan fingerprint density at radius 1 is 1.14 bits per heavy atom. The van der Waals surface area contributed by atoms with Crippen molar-refractivity contribution in [2.45, 2.75) is 24.6 Å². The van der Waals surface area contributed by atoms with Gasteiger partial charge in [-0.3, -0.25) is 4.90 Å². The van der Waals surface area contributed by atoms with Crippen molar-refractivity contribution in [3.63, 3.8) is 0 Å². The van der Waals surface area contributed by atoms with E-state index in [0.29, 0.717) is 24.1 Å². The van der Waals surface area contributed by atoms with Crippen molar-refractivity contribution >= 4 is 0 Å². The van der Waals surface area contributed by atoms with E-state index in [1.54, 1.807) is 0 Å². The molecule has 4 heteroatoms. The molecule has 80 valence electrons. The fourth-order valence-corrected chi connectivity index (χ4v) is 3.05. The van der Waals surface area contributed by atoms with Gasteiger partial charge in [0.15, 0.2) is 0 Å². The van der Waals surface area contributed by atoms with E-state index < -0.39 is 0 Å². The number of morpholine rings is 1. The summed E-state index contributed by atoms with van der Waals surface area (Å²) in [7, 11) is 0. The third-order valence-electron chi connectivity index (χ3n) is 3.88. The Morgan fingerprint density at radius 2 is 1.93 bits per heavy atom. The van der Waals surface area contributed by atoms with Gasteiger partial charge in [-0.25, -0.2) is 0 Å². The summed E-state index contributed by atoms with van der Waals surface area (Å²) in [5, 5.41) is 0. The molecule has 1 aliphatic carbocycles. The monoisotopic (exact) mass is 198 g/mol. The molecule has 0 aromatic rings. The van der Waals surface area contributed by atoms with Gasteiger partial charge < -0.3 is 15.2 Å². The van der Waals surface area contributed by atoms with E-state index in [4.69, 9.17) is 15.2 Å². The summed E-state index contributed by atoms with van der Waals surface area (Å²) < 4.78 is 11.1. The fraction of sp³-hybridized carbons (Fsp3) is 1.00. The predicted octanol–water partition coefficient (Wildman–Crippen LogP) is -0.567. The number of ether oxygens (including phenoxy) is 2. The molecule has 0 radical (unpaired) electrons. The second-order valence-corrected chi connectivity index (χ2v) is 4.50. The van der Waals surface area contributed by atoms with Crippen molar-refractivity contribution in [3.8, 4) is 0 Å². The molecule has 1 saturated carbocycles. The SMILES string of the molecule is NC1C2CCOC2C1N1CCOCC1. The molecule has 4 unspecified atom stereocenters. The molecule has 0 aromatic heterocycles. The van der Waals surface area contributed by atoms with Crippen LogP contribution in [0.2, 0.25) is 0 Å². The van der Waals surface area contributed by atoms with Gasteiger partial charge in [0.05, 0.1) is 25.4 Å². The number of hydrogen-bond donors (Lipinski definition) is 1. The highest BCUT2D eigenvalue weighted by molar-refractivity contribution is 5.09. The summed E-state index contributed by atoms with van der Waals surface area (Å²) >= 11 is 0. The van der Waals surface area contributed by atoms with E-state index >= 15 is 0 Å². The van der Waals surface area contributed by atoms with Crippen molar-refractivity contribution in [1.82, 2.24) is 4.90 Å². The van der Waals surface area contributed by atoms with E-state index in [2.05, 4.69) is 4.90 Å². The van der Waals surface area contributed by atoms with E-state index in [9.17, 15) is 0 Å². The molecule has 0 spiro atoms. The maximum Gasteiger partial charge on any atom is 0.0789 e. The van der Waals surface area contributed by atoms with Gasteiger partial charge in [-0.05, 0) is 6.42 Å². The first-order chi connectivity index (χ1) is 6.88. The highest BCUT2D eigenvalue weighted by Crippen LogP contribution is 2.40. The molecule has 2 aliphatic heterocycles. The van der Waals surface area contributed by atoms with E-state index in [1.165, 1.54) is 0 Å². The molecule has 2 heterocycles. The minimum atomic E-state index is 0.334. The zero-order valence-corrected chi connectivity index (χ0v) is 8.39. The summed E-state index contributed by atoms with van der Waals surface area (Å²) in [5.74, 6) is 0.628. The van der Waals surface area contributed by atoms with Crippen LogP contribution in [-0.4, -0.2) is 56.0 Å². The van der Waals surface area contributed by atoms with Crippen LogP contribution in [0, 0.1) is 5.92 Å². The third kappa shape index (κ3) is 1.21. The number of nitrogens with zero attached hydrogens (tertiary/aromatic N) is 1. The molecular weight excluding hydrogens is 180 g/mol. The van der Waals surface area contributed by atoms with E-state index in [1.807, 2.05) is 0 Å². The Kier molecular flexibility index (Phi) is 2.24. The lowest BCUT2D eigenvalue weighted by molar-refractivity contribution is -0.0993. The Balaban J connectivity index is 1.66. The van der Waals surface area contributed by atoms with Gasteiger partial charge in [-0.2, -0.15) is 0 Å². The van der Waals surface area contributed by atoms with Crippen LogP contribution < -0.4 is 5.73 Å². The second-order valence-electron chi connectivity index (χ2n) is 4.50. The third-order valence-corrected chi connectivity index (χ3v) is 3.88. The zero-order valence-electron chi connectivity index (χ0n) is 8.39. The van der Waals surface area contributed by atoms with Crippen molar-refractivity contribution in [2.24, 2.45) is 11.7 Å². The minimum absolute atomic E-state index is 0.334. The van der Waals surface area contributed by atoms with Crippen molar-refractivity contribution in [2.75, 3.05) is 32.9 Å². The number of hydrogen-bond acceptors (Lipinski definition) is 4. The standard InChI is InChI=1S/C10H18N2O2/c11-8-7-1-4-14-10(7)9(8)12-2-5-13-6-3-12/h7-10H,1-6,11H2. The topological polar surface area (TPSA) is 47.7 Å². The largest absolute Gasteiger partial charge is 0.379 e. The molecule has 3 fully saturated rings. The summed E-state index contributed by atoms with van der Waals surface area (Å²) in [6, 6.07) is 0.798. The van der Waals surface area contributed by atoms with Crippen molar-refractivity contribution < 1.29 is 9.47 Å². The average molecular weight is 198 g/mol. The van der Waals surface area contributed by atoms with Crippen LogP contribution in [-0.2, 0) is 9.47 Å². The molecule has 2 N–H and O–H groups in total. The summed E-state index contributed by atoms with van der Waals surface area (Å²) in [6.07, 6.45) is 1.58. The summed E-state index contributed by atoms with van der Waals surface area (Å²) in [5.41, 5.74) is 6.18. The first kappa shape index (κ1) is 9.09. The number of nitrogens with two attached hydrogens (primary N) is 1. The Bertz CT molecular complexity index is 218. The zero-order chi connectivity index (χ0) is 9.54. The van der Waals surface area contributed by atoms with Gasteiger partial charge in [0.25, 0.3) is 0 Å². The lowest BCUT2D eigenvalue weighted by Gasteiger charge is -2.51. The molecule has 0 aromatic carbocycles. The molecular formula is C10H18N2O2. The van der Waals surface area contributed by atoms with Gasteiger partial charge in [0.1, 0.15) is 0 Å². The maximum absolute atomic E-state index is 6.18. The first-order valence-electron chi connectivity index (χ1n) is 5.57. The normalized spacial score (nSPS) is 48.6. The average Bonchev–Trinajstić information content (AvgIpc) is 2.63. The smallest absolute Gasteiger partial charge is 0.0789 e. The van der Waals surface area contributed by atoms with Gasteiger partial charge in [0, 0.05) is 31.7 Å². The molecule has 3 rings (SSSR count). The van der Waals surface area contributed by atoms with Crippen LogP contribution in [0.5, 0.6) is 0 Å². The van der Waals surface area contributed by atoms with Gasteiger partial charge in [0.2, 0.25) is 0 Å². The molecule has 2 saturated heterocycles. The lowest BCUT2D eigenvalue weighted by atomic mass is 9.71. The summed E-state index contributed by atoms with van der Waals surface area (Å²) in [6.45, 7) is 4.64. The van der Waals surface area contributed by atoms with Crippen LogP contribution in [0.25, 0.3) is 0 Å². The molecule has 4 atom stereocenters. The lowest BCUT2D eigenvalue weighted by Crippen LogP contribution is -2.70. The van der Waals surface area contributed by atoms with E-state index in [-0.39, 0.29) is 0 Å². The minimum Gasteiger partial charge on any atom is -0.379 e. The molecule has 4 nitrogen and oxygen atoms in total. The number of fused-ring (bicyclic) bond motifs is 1. The van der Waals surface area contributed by atoms with Crippen molar-refractivity contribution in [1.29, 1.82) is 0 Å². The van der Waals surface area contributed by atoms with Gasteiger partial charge in [-0.15, -0.1) is 0 Å². The fourth-order valence-electron chi connectivity index (χ4n) is 3.05. The van der Waals surface area contributed by atoms with Crippen LogP contribution in [0.3, 0.4) is 0 Å². The van der Waals surface area contributed by atoms with Crippen LogP contribution in [0.1, 0.15) is 6.42 Å². The van der Waals surface area contributed by atoms with E-state index in [0.717, 1.165) is 39.3 Å². The Morgan fingerprint density at radius 3 is 2.71 bits per heavy atom. The molecule has 0 amide bonds. The van der Waals surface area contributed by atoms with Gasteiger partial charge in [-0.1, -0.05) is 0 Å². The predicted molar refractivity (Wildman–Crippen MR) is 52.0 cm³/mol. The highest BCUT2D eigenvalue weighted by Gasteiger charge is 2.54. The number of rotatable bonds is 1.